The van der Waals surface area contributed by atoms with Gasteiger partial charge in [0.2, 0.25) is 15.9 Å². The fourth-order valence-corrected chi connectivity index (χ4v) is 6.64. The first-order chi connectivity index (χ1) is 18.7. The second-order valence-corrected chi connectivity index (χ2v) is 13.3. The van der Waals surface area contributed by atoms with Gasteiger partial charge in [-0.2, -0.15) is 0 Å². The molecule has 3 N–H and O–H groups in total. The Balaban J connectivity index is 1.28. The summed E-state index contributed by atoms with van der Waals surface area (Å²) in [6.45, 7) is 2.09. The van der Waals surface area contributed by atoms with Crippen LogP contribution in [0.25, 0.3) is 0 Å². The van der Waals surface area contributed by atoms with E-state index in [0.717, 1.165) is 75.1 Å². The lowest BCUT2D eigenvalue weighted by atomic mass is 9.93. The zero-order valence-corrected chi connectivity index (χ0v) is 23.2. The molecule has 3 fully saturated rings. The molecule has 6 rings (SSSR count). The number of hydrogen-bond acceptors (Lipinski definition) is 8. The van der Waals surface area contributed by atoms with Gasteiger partial charge in [0.1, 0.15) is 17.5 Å². The highest BCUT2D eigenvalue weighted by Gasteiger charge is 2.44. The number of hydrogen-bond donors (Lipinski definition) is 3. The van der Waals surface area contributed by atoms with Crippen LogP contribution < -0.4 is 24.6 Å². The molecule has 1 saturated heterocycles. The highest BCUT2D eigenvalue weighted by Crippen LogP contribution is 2.54. The molecule has 3 heterocycles. The second-order valence-electron chi connectivity index (χ2n) is 11.5. The van der Waals surface area contributed by atoms with Gasteiger partial charge in [-0.1, -0.05) is 0 Å². The number of benzene rings is 1. The quantitative estimate of drug-likeness (QED) is 0.430. The van der Waals surface area contributed by atoms with Crippen LogP contribution in [0.5, 0.6) is 5.88 Å². The van der Waals surface area contributed by atoms with Crippen molar-refractivity contribution in [3.63, 3.8) is 0 Å². The Morgan fingerprint density at radius 3 is 2.59 bits per heavy atom. The molecule has 11 heteroatoms. The minimum atomic E-state index is -3.68. The standard InChI is InChI=1S/C28H37N5O5S/c1-32-12-7-19-17-23(30-27(25(19)32)38-21-3-2-4-21)26(35)29-22-6-5-20(31-39(36,37)16-15-34)18-24(22)33-13-10-28(8-9-28)11-14-33/h5-6,17-18,21,31,34H,2-4,7-16H2,1H3,(H,29,35). The average molecular weight is 556 g/mol. The van der Waals surface area contributed by atoms with E-state index in [1.54, 1.807) is 18.2 Å². The lowest BCUT2D eigenvalue weighted by Gasteiger charge is -2.35. The summed E-state index contributed by atoms with van der Waals surface area (Å²) in [4.78, 5) is 22.6. The third-order valence-corrected chi connectivity index (χ3v) is 9.97. The SMILES string of the molecule is CN1CCc2cc(C(=O)Nc3ccc(NS(=O)(=O)CCO)cc3N3CCC4(CC3)CC4)nc(OC3CCC3)c21. The number of carbonyl (C=O) groups is 1. The molecule has 1 spiro atoms. The van der Waals surface area contributed by atoms with Gasteiger partial charge in [0.25, 0.3) is 5.91 Å². The minimum Gasteiger partial charge on any atom is -0.473 e. The van der Waals surface area contributed by atoms with Crippen molar-refractivity contribution in [2.75, 3.05) is 58.9 Å². The Bertz CT molecular complexity index is 1360. The van der Waals surface area contributed by atoms with Crippen molar-refractivity contribution in [1.82, 2.24) is 4.98 Å². The van der Waals surface area contributed by atoms with Gasteiger partial charge < -0.3 is 25.0 Å². The van der Waals surface area contributed by atoms with E-state index < -0.39 is 16.6 Å². The zero-order valence-electron chi connectivity index (χ0n) is 22.4. The van der Waals surface area contributed by atoms with Crippen molar-refractivity contribution >= 4 is 38.7 Å². The van der Waals surface area contributed by atoms with E-state index in [-0.39, 0.29) is 17.8 Å². The number of ether oxygens (including phenoxy) is 1. The summed E-state index contributed by atoms with van der Waals surface area (Å²) in [5, 5.41) is 12.2. The molecule has 1 aromatic heterocycles. The Morgan fingerprint density at radius 2 is 1.92 bits per heavy atom. The normalized spacial score (nSPS) is 19.9. The topological polar surface area (TPSA) is 124 Å². The van der Waals surface area contributed by atoms with Gasteiger partial charge in [-0.05, 0) is 86.6 Å². The van der Waals surface area contributed by atoms with Crippen molar-refractivity contribution in [2.24, 2.45) is 5.41 Å². The highest BCUT2D eigenvalue weighted by atomic mass is 32.2. The lowest BCUT2D eigenvalue weighted by Crippen LogP contribution is -2.35. The molecule has 0 radical (unpaired) electrons. The summed E-state index contributed by atoms with van der Waals surface area (Å²) in [5.74, 6) is -0.171. The van der Waals surface area contributed by atoms with Crippen LogP contribution in [0.15, 0.2) is 24.3 Å². The van der Waals surface area contributed by atoms with Crippen molar-refractivity contribution in [3.05, 3.63) is 35.5 Å². The number of aromatic nitrogens is 1. The van der Waals surface area contributed by atoms with Crippen LogP contribution in [-0.2, 0) is 16.4 Å². The maximum Gasteiger partial charge on any atom is 0.274 e. The number of aliphatic hydroxyl groups excluding tert-OH is 1. The lowest BCUT2D eigenvalue weighted by molar-refractivity contribution is 0.100. The maximum atomic E-state index is 13.6. The first-order valence-corrected chi connectivity index (χ1v) is 15.6. The maximum absolute atomic E-state index is 13.6. The number of piperidine rings is 1. The summed E-state index contributed by atoms with van der Waals surface area (Å²) >= 11 is 0. The molecule has 0 atom stereocenters. The van der Waals surface area contributed by atoms with Gasteiger partial charge in [-0.3, -0.25) is 9.52 Å². The smallest absolute Gasteiger partial charge is 0.274 e. The van der Waals surface area contributed by atoms with E-state index in [4.69, 9.17) is 9.84 Å². The van der Waals surface area contributed by atoms with Crippen molar-refractivity contribution in [1.29, 1.82) is 0 Å². The molecule has 2 aliphatic carbocycles. The second kappa shape index (κ2) is 10.2. The van der Waals surface area contributed by atoms with Crippen LogP contribution in [0.3, 0.4) is 0 Å². The Kier molecular flexibility index (Phi) is 6.83. The third-order valence-electron chi connectivity index (χ3n) is 8.70. The molecule has 0 unspecified atom stereocenters. The summed E-state index contributed by atoms with van der Waals surface area (Å²) < 4.78 is 33.4. The third kappa shape index (κ3) is 5.51. The predicted molar refractivity (Wildman–Crippen MR) is 151 cm³/mol. The van der Waals surface area contributed by atoms with Crippen LogP contribution in [0.2, 0.25) is 0 Å². The molecule has 4 aliphatic rings. The number of amides is 1. The minimum absolute atomic E-state index is 0.150. The molecule has 2 aromatic rings. The van der Waals surface area contributed by atoms with Crippen LogP contribution >= 0.6 is 0 Å². The van der Waals surface area contributed by atoms with Gasteiger partial charge in [-0.25, -0.2) is 13.4 Å². The number of carbonyl (C=O) groups excluding carboxylic acids is 1. The number of fused-ring (bicyclic) bond motifs is 1. The van der Waals surface area contributed by atoms with Crippen LogP contribution in [0, 0.1) is 5.41 Å². The number of aliphatic hydroxyl groups is 1. The highest BCUT2D eigenvalue weighted by molar-refractivity contribution is 7.92. The van der Waals surface area contributed by atoms with Gasteiger partial charge in [0, 0.05) is 26.7 Å². The summed E-state index contributed by atoms with van der Waals surface area (Å²) in [6, 6.07) is 7.00. The summed E-state index contributed by atoms with van der Waals surface area (Å²) in [6.07, 6.45) is 8.86. The summed E-state index contributed by atoms with van der Waals surface area (Å²) in [7, 11) is -1.65. The van der Waals surface area contributed by atoms with E-state index in [9.17, 15) is 13.2 Å². The predicted octanol–water partition coefficient (Wildman–Crippen LogP) is 3.37. The zero-order chi connectivity index (χ0) is 27.2. The Morgan fingerprint density at radius 1 is 1.15 bits per heavy atom. The molecule has 0 bridgehead atoms. The van der Waals surface area contributed by atoms with Crippen molar-refractivity contribution < 1.29 is 23.1 Å². The van der Waals surface area contributed by atoms with Gasteiger partial charge in [-0.15, -0.1) is 0 Å². The van der Waals surface area contributed by atoms with Gasteiger partial charge >= 0.3 is 0 Å². The molecular formula is C28H37N5O5S. The molecule has 2 saturated carbocycles. The molecular weight excluding hydrogens is 518 g/mol. The summed E-state index contributed by atoms with van der Waals surface area (Å²) in [5.41, 5.74) is 4.60. The van der Waals surface area contributed by atoms with E-state index in [0.29, 0.717) is 28.4 Å². The fourth-order valence-electron chi connectivity index (χ4n) is 5.81. The first kappa shape index (κ1) is 26.2. The number of pyridine rings is 1. The van der Waals surface area contributed by atoms with Crippen LogP contribution in [0.1, 0.15) is 61.0 Å². The molecule has 2 aliphatic heterocycles. The first-order valence-electron chi connectivity index (χ1n) is 14.0. The van der Waals surface area contributed by atoms with E-state index in [1.807, 2.05) is 13.1 Å². The fraction of sp³-hybridized carbons (Fsp3) is 0.571. The number of likely N-dealkylation sites (N-methyl/N-ethyl adjacent to an activating group) is 1. The molecule has 210 valence electrons. The number of sulfonamides is 1. The van der Waals surface area contributed by atoms with E-state index >= 15 is 0 Å². The largest absolute Gasteiger partial charge is 0.473 e. The Hall–Kier alpha value is -3.05. The number of anilines is 4. The van der Waals surface area contributed by atoms with Gasteiger partial charge in [0.05, 0.1) is 29.4 Å². The van der Waals surface area contributed by atoms with E-state index in [1.165, 1.54) is 12.8 Å². The average Bonchev–Trinajstić information content (AvgIpc) is 3.53. The number of nitrogens with one attached hydrogen (secondary N) is 2. The van der Waals surface area contributed by atoms with Crippen molar-refractivity contribution in [2.45, 2.75) is 57.5 Å². The van der Waals surface area contributed by atoms with Crippen LogP contribution in [-0.4, -0.2) is 69.6 Å². The van der Waals surface area contributed by atoms with Crippen LogP contribution in [0.4, 0.5) is 22.7 Å². The van der Waals surface area contributed by atoms with Crippen molar-refractivity contribution in [3.8, 4) is 5.88 Å². The van der Waals surface area contributed by atoms with Gasteiger partial charge in [0.15, 0.2) is 0 Å². The molecule has 1 amide bonds. The Labute approximate surface area is 229 Å². The number of nitrogens with zero attached hydrogens (tertiary/aromatic N) is 3. The molecule has 10 nitrogen and oxygen atoms in total. The molecule has 39 heavy (non-hydrogen) atoms. The molecule has 1 aromatic carbocycles. The monoisotopic (exact) mass is 555 g/mol. The number of rotatable bonds is 9. The van der Waals surface area contributed by atoms with E-state index in [2.05, 4.69) is 24.8 Å².